The van der Waals surface area contributed by atoms with Crippen molar-refractivity contribution in [2.75, 3.05) is 0 Å². The zero-order valence-corrected chi connectivity index (χ0v) is 13.9. The molecule has 0 fully saturated rings. The van der Waals surface area contributed by atoms with Gasteiger partial charge >= 0.3 is 5.97 Å². The van der Waals surface area contributed by atoms with Gasteiger partial charge in [0.25, 0.3) is 5.56 Å². The van der Waals surface area contributed by atoms with Gasteiger partial charge in [0.05, 0.1) is 0 Å². The van der Waals surface area contributed by atoms with Gasteiger partial charge in [-0.05, 0) is 43.0 Å². The summed E-state index contributed by atoms with van der Waals surface area (Å²) in [6.07, 6.45) is 3.78. The molecule has 3 aromatic rings. The number of H-pyrrole nitrogens is 1. The number of aromatic nitrogens is 2. The Morgan fingerprint density at radius 2 is 2.12 bits per heavy atom. The Bertz CT molecular complexity index is 952. The van der Waals surface area contributed by atoms with Crippen molar-refractivity contribution >= 4 is 39.5 Å². The lowest BCUT2D eigenvalue weighted by atomic mass is 10.1. The van der Waals surface area contributed by atoms with Gasteiger partial charge in [0, 0.05) is 27.3 Å². The highest BCUT2D eigenvalue weighted by molar-refractivity contribution is 7.19. The molecule has 0 aliphatic rings. The molecule has 2 aromatic heterocycles. The number of nitrogens with zero attached hydrogens (tertiary/aromatic N) is 1. The van der Waals surface area contributed by atoms with Gasteiger partial charge in [-0.15, -0.1) is 11.3 Å². The molecule has 2 N–H and O–H groups in total. The maximum Gasteiger partial charge on any atom is 0.303 e. The van der Waals surface area contributed by atoms with E-state index in [1.807, 2.05) is 18.2 Å². The number of aromatic amines is 1. The summed E-state index contributed by atoms with van der Waals surface area (Å²) in [7, 11) is 0. The molecule has 1 aromatic carbocycles. The lowest BCUT2D eigenvalue weighted by Gasteiger charge is -2.03. The van der Waals surface area contributed by atoms with Crippen LogP contribution in [0.5, 0.6) is 0 Å². The van der Waals surface area contributed by atoms with Gasteiger partial charge in [-0.1, -0.05) is 18.2 Å². The third-order valence-electron chi connectivity index (χ3n) is 3.68. The summed E-state index contributed by atoms with van der Waals surface area (Å²) in [6, 6.07) is 10.2. The zero-order chi connectivity index (χ0) is 17.1. The van der Waals surface area contributed by atoms with Crippen LogP contribution < -0.4 is 5.56 Å². The molecule has 24 heavy (non-hydrogen) atoms. The van der Waals surface area contributed by atoms with E-state index in [0.717, 1.165) is 4.88 Å². The number of aryl methyl sites for hydroxylation is 1. The number of aliphatic carboxylic acids is 1. The highest BCUT2D eigenvalue weighted by atomic mass is 32.1. The van der Waals surface area contributed by atoms with Gasteiger partial charge < -0.3 is 10.1 Å². The van der Waals surface area contributed by atoms with Gasteiger partial charge in [-0.25, -0.2) is 4.98 Å². The first-order valence-corrected chi connectivity index (χ1v) is 8.33. The van der Waals surface area contributed by atoms with Crippen LogP contribution in [0.2, 0.25) is 0 Å². The maximum atomic E-state index is 12.1. The number of carbonyl (C=O) groups is 1. The average Bonchev–Trinajstić information content (AvgIpc) is 2.94. The van der Waals surface area contributed by atoms with Crippen LogP contribution in [0.3, 0.4) is 0 Å². The van der Waals surface area contributed by atoms with Crippen molar-refractivity contribution in [2.24, 2.45) is 0 Å². The molecule has 5 nitrogen and oxygen atoms in total. The second-order valence-electron chi connectivity index (χ2n) is 5.43. The molecule has 6 heteroatoms. The molecule has 0 amide bonds. The highest BCUT2D eigenvalue weighted by Crippen LogP contribution is 2.26. The van der Waals surface area contributed by atoms with Crippen LogP contribution in [-0.2, 0) is 11.2 Å². The number of rotatable bonds is 5. The number of thiophene rings is 1. The lowest BCUT2D eigenvalue weighted by Crippen LogP contribution is -2.18. The Balaban J connectivity index is 1.84. The first-order chi connectivity index (χ1) is 11.5. The van der Waals surface area contributed by atoms with Crippen LogP contribution in [0.1, 0.15) is 28.4 Å². The quantitative estimate of drug-likeness (QED) is 0.745. The number of hydrogen-bond acceptors (Lipinski definition) is 4. The fourth-order valence-corrected chi connectivity index (χ4v) is 3.45. The fourth-order valence-electron chi connectivity index (χ4n) is 2.48. The Kier molecular flexibility index (Phi) is 4.57. The predicted octanol–water partition coefficient (Wildman–Crippen LogP) is 3.48. The van der Waals surface area contributed by atoms with Gasteiger partial charge in [0.15, 0.2) is 0 Å². The van der Waals surface area contributed by atoms with E-state index < -0.39 is 5.97 Å². The molecule has 0 bridgehead atoms. The van der Waals surface area contributed by atoms with Gasteiger partial charge in [-0.2, -0.15) is 0 Å². The predicted molar refractivity (Wildman–Crippen MR) is 96.3 cm³/mol. The normalized spacial score (nSPS) is 11.4. The van der Waals surface area contributed by atoms with E-state index in [9.17, 15) is 9.59 Å². The van der Waals surface area contributed by atoms with E-state index in [-0.39, 0.29) is 18.4 Å². The Hall–Kier alpha value is -2.73. The van der Waals surface area contributed by atoms with E-state index in [0.29, 0.717) is 17.1 Å². The van der Waals surface area contributed by atoms with Crippen LogP contribution in [-0.4, -0.2) is 21.0 Å². The lowest BCUT2D eigenvalue weighted by molar-refractivity contribution is -0.136. The summed E-state index contributed by atoms with van der Waals surface area (Å²) in [5.74, 6) is -0.462. The van der Waals surface area contributed by atoms with Crippen LogP contribution in [0, 0.1) is 6.92 Å². The van der Waals surface area contributed by atoms with Crippen molar-refractivity contribution in [3.05, 3.63) is 62.6 Å². The summed E-state index contributed by atoms with van der Waals surface area (Å²) in [5.41, 5.74) is 0.715. The summed E-state index contributed by atoms with van der Waals surface area (Å²) >= 11 is 1.67. The molecule has 0 unspecified atom stereocenters. The minimum atomic E-state index is -0.928. The second-order valence-corrected chi connectivity index (χ2v) is 6.54. The average molecular weight is 340 g/mol. The molecule has 0 spiro atoms. The van der Waals surface area contributed by atoms with Crippen molar-refractivity contribution in [2.45, 2.75) is 19.8 Å². The molecule has 2 heterocycles. The second kappa shape index (κ2) is 6.80. The number of fused-ring (bicyclic) bond motifs is 1. The molecule has 3 rings (SSSR count). The van der Waals surface area contributed by atoms with Crippen molar-refractivity contribution in [1.82, 2.24) is 9.97 Å². The molecule has 0 aliphatic carbocycles. The fraction of sp³-hybridized carbons (Fsp3) is 0.167. The van der Waals surface area contributed by atoms with Gasteiger partial charge in [0.1, 0.15) is 5.82 Å². The smallest absolute Gasteiger partial charge is 0.303 e. The third-order valence-corrected chi connectivity index (χ3v) is 4.76. The van der Waals surface area contributed by atoms with E-state index in [1.165, 1.54) is 10.1 Å². The van der Waals surface area contributed by atoms with E-state index in [2.05, 4.69) is 28.2 Å². The largest absolute Gasteiger partial charge is 0.481 e. The number of nitrogens with one attached hydrogen (secondary N) is 1. The van der Waals surface area contributed by atoms with Crippen LogP contribution in [0.15, 0.2) is 35.1 Å². The Morgan fingerprint density at radius 1 is 1.33 bits per heavy atom. The topological polar surface area (TPSA) is 83.0 Å². The van der Waals surface area contributed by atoms with Crippen molar-refractivity contribution in [3.63, 3.8) is 0 Å². The summed E-state index contributed by atoms with van der Waals surface area (Å²) in [6.45, 7) is 1.73. The third kappa shape index (κ3) is 3.60. The van der Waals surface area contributed by atoms with E-state index >= 15 is 0 Å². The summed E-state index contributed by atoms with van der Waals surface area (Å²) in [4.78, 5) is 30.9. The number of carboxylic acid groups (broad SMARTS) is 1. The first-order valence-electron chi connectivity index (χ1n) is 7.51. The van der Waals surface area contributed by atoms with E-state index in [1.54, 1.807) is 24.3 Å². The molecular formula is C18H16N2O3S. The SMILES string of the molecule is Cc1nc(/C=C/c2cc3ccccc3s2)[nH]c(=O)c1CCC(=O)O. The molecule has 0 radical (unpaired) electrons. The standard InChI is InChI=1S/C18H16N2O3S/c1-11-14(7-9-17(21)22)18(23)20-16(19-11)8-6-13-10-12-4-2-3-5-15(12)24-13/h2-6,8,10H,7,9H2,1H3,(H,21,22)(H,19,20,23)/b8-6+. The Labute approximate surface area is 142 Å². The molecule has 122 valence electrons. The molecule has 0 saturated carbocycles. The van der Waals surface area contributed by atoms with Gasteiger partial charge in [0.2, 0.25) is 0 Å². The minimum absolute atomic E-state index is 0.0808. The molecule has 0 saturated heterocycles. The summed E-state index contributed by atoms with van der Waals surface area (Å²) in [5, 5.41) is 9.92. The number of benzene rings is 1. The van der Waals surface area contributed by atoms with Crippen molar-refractivity contribution in [3.8, 4) is 0 Å². The highest BCUT2D eigenvalue weighted by Gasteiger charge is 2.09. The van der Waals surface area contributed by atoms with Crippen LogP contribution in [0.4, 0.5) is 0 Å². The maximum absolute atomic E-state index is 12.1. The van der Waals surface area contributed by atoms with Gasteiger partial charge in [-0.3, -0.25) is 9.59 Å². The monoisotopic (exact) mass is 340 g/mol. The summed E-state index contributed by atoms with van der Waals surface area (Å²) < 4.78 is 1.21. The van der Waals surface area contributed by atoms with E-state index in [4.69, 9.17) is 5.11 Å². The minimum Gasteiger partial charge on any atom is -0.481 e. The first kappa shape index (κ1) is 16.1. The zero-order valence-electron chi connectivity index (χ0n) is 13.1. The number of carboxylic acids is 1. The number of hydrogen-bond donors (Lipinski definition) is 2. The van der Waals surface area contributed by atoms with Crippen molar-refractivity contribution < 1.29 is 9.90 Å². The van der Waals surface area contributed by atoms with Crippen LogP contribution >= 0.6 is 11.3 Å². The molecule has 0 aliphatic heterocycles. The molecule has 0 atom stereocenters. The van der Waals surface area contributed by atoms with Crippen LogP contribution in [0.25, 0.3) is 22.2 Å². The Morgan fingerprint density at radius 3 is 2.83 bits per heavy atom. The van der Waals surface area contributed by atoms with Crippen molar-refractivity contribution in [1.29, 1.82) is 0 Å². The molecular weight excluding hydrogens is 324 g/mol.